The minimum Gasteiger partial charge on any atom is -0.381 e. The smallest absolute Gasteiger partial charge is 0.0669 e. The Morgan fingerprint density at radius 2 is 1.91 bits per heavy atom. The van der Waals surface area contributed by atoms with Crippen LogP contribution >= 0.6 is 0 Å². The van der Waals surface area contributed by atoms with Gasteiger partial charge in [0.25, 0.3) is 0 Å². The molecule has 3 aromatic rings. The van der Waals surface area contributed by atoms with Crippen LogP contribution < -0.4 is 5.32 Å². The summed E-state index contributed by atoms with van der Waals surface area (Å²) in [5.74, 6) is 0. The average Bonchev–Trinajstić information content (AvgIpc) is 3.09. The lowest BCUT2D eigenvalue weighted by Gasteiger charge is -2.09. The van der Waals surface area contributed by atoms with Crippen molar-refractivity contribution in [2.75, 3.05) is 5.32 Å². The van der Waals surface area contributed by atoms with Crippen LogP contribution in [0, 0.1) is 11.3 Å². The predicted octanol–water partition coefficient (Wildman–Crippen LogP) is 3.55. The normalized spacial score (nSPS) is 10.1. The number of hydrogen-bond donors (Lipinski definition) is 1. The first-order valence-corrected chi connectivity index (χ1v) is 7.14. The monoisotopic (exact) mass is 288 g/mol. The van der Waals surface area contributed by atoms with Crippen LogP contribution in [0.5, 0.6) is 0 Å². The minimum absolute atomic E-state index is 0.451. The Morgan fingerprint density at radius 1 is 1.05 bits per heavy atom. The molecular formula is C18H16N4. The van der Waals surface area contributed by atoms with E-state index in [1.54, 1.807) is 6.20 Å². The van der Waals surface area contributed by atoms with E-state index >= 15 is 0 Å². The summed E-state index contributed by atoms with van der Waals surface area (Å²) in [4.78, 5) is 0. The van der Waals surface area contributed by atoms with Gasteiger partial charge in [-0.1, -0.05) is 24.3 Å². The number of anilines is 1. The van der Waals surface area contributed by atoms with Crippen molar-refractivity contribution in [2.24, 2.45) is 0 Å². The Balaban J connectivity index is 1.66. The molecule has 0 unspecified atom stereocenters. The fraction of sp³-hybridized carbons (Fsp3) is 0.111. The Kier molecular flexibility index (Phi) is 4.17. The third-order valence-electron chi connectivity index (χ3n) is 3.41. The van der Waals surface area contributed by atoms with Gasteiger partial charge in [0.15, 0.2) is 0 Å². The molecule has 0 bridgehead atoms. The maximum absolute atomic E-state index is 8.67. The van der Waals surface area contributed by atoms with Gasteiger partial charge in [0.2, 0.25) is 0 Å². The van der Waals surface area contributed by atoms with Crippen LogP contribution in [0.1, 0.15) is 11.1 Å². The molecule has 0 saturated carbocycles. The Labute approximate surface area is 129 Å². The van der Waals surface area contributed by atoms with Gasteiger partial charge < -0.3 is 5.32 Å². The van der Waals surface area contributed by atoms with Crippen LogP contribution in [-0.2, 0) is 13.0 Å². The summed E-state index contributed by atoms with van der Waals surface area (Å²) in [5.41, 5.74) is 4.32. The Hall–Kier alpha value is -3.06. The zero-order valence-corrected chi connectivity index (χ0v) is 12.1. The summed E-state index contributed by atoms with van der Waals surface area (Å²) in [6, 6.07) is 20.3. The fourth-order valence-electron chi connectivity index (χ4n) is 2.27. The first kappa shape index (κ1) is 13.9. The second-order valence-corrected chi connectivity index (χ2v) is 5.01. The van der Waals surface area contributed by atoms with Crippen molar-refractivity contribution < 1.29 is 0 Å². The molecule has 108 valence electrons. The standard InChI is InChI=1S/C18H16N4/c19-10-9-15-5-7-17(8-6-15)20-14-16-3-1-4-18(13-16)22-12-2-11-21-22/h1-8,11-13,20H,9,14H2. The van der Waals surface area contributed by atoms with Crippen molar-refractivity contribution in [1.29, 1.82) is 5.26 Å². The summed E-state index contributed by atoms with van der Waals surface area (Å²) in [5, 5.41) is 16.3. The molecule has 0 radical (unpaired) electrons. The number of hydrogen-bond acceptors (Lipinski definition) is 3. The molecule has 0 aliphatic rings. The van der Waals surface area contributed by atoms with Gasteiger partial charge in [-0.05, 0) is 41.5 Å². The molecular weight excluding hydrogens is 272 g/mol. The van der Waals surface area contributed by atoms with Gasteiger partial charge in [-0.25, -0.2) is 4.68 Å². The van der Waals surface area contributed by atoms with E-state index in [2.05, 4.69) is 28.6 Å². The van der Waals surface area contributed by atoms with Crippen LogP contribution in [0.25, 0.3) is 5.69 Å². The molecule has 0 atom stereocenters. The molecule has 0 aliphatic carbocycles. The summed E-state index contributed by atoms with van der Waals surface area (Å²) < 4.78 is 1.85. The maximum atomic E-state index is 8.67. The number of nitrogens with one attached hydrogen (secondary N) is 1. The second-order valence-electron chi connectivity index (χ2n) is 5.01. The van der Waals surface area contributed by atoms with Crippen LogP contribution in [0.2, 0.25) is 0 Å². The molecule has 0 fully saturated rings. The van der Waals surface area contributed by atoms with Crippen molar-refractivity contribution in [3.8, 4) is 11.8 Å². The summed E-state index contributed by atoms with van der Waals surface area (Å²) >= 11 is 0. The van der Waals surface area contributed by atoms with E-state index < -0.39 is 0 Å². The van der Waals surface area contributed by atoms with Crippen molar-refractivity contribution in [3.05, 3.63) is 78.1 Å². The lowest BCUT2D eigenvalue weighted by atomic mass is 10.1. The van der Waals surface area contributed by atoms with Crippen LogP contribution in [0.4, 0.5) is 5.69 Å². The molecule has 1 heterocycles. The molecule has 0 spiro atoms. The van der Waals surface area contributed by atoms with E-state index in [9.17, 15) is 0 Å². The molecule has 2 aromatic carbocycles. The van der Waals surface area contributed by atoms with Crippen LogP contribution in [0.15, 0.2) is 67.0 Å². The van der Waals surface area contributed by atoms with Gasteiger partial charge in [0.1, 0.15) is 0 Å². The van der Waals surface area contributed by atoms with Crippen LogP contribution in [0.3, 0.4) is 0 Å². The summed E-state index contributed by atoms with van der Waals surface area (Å²) in [6.45, 7) is 0.743. The van der Waals surface area contributed by atoms with Gasteiger partial charge in [0.05, 0.1) is 18.2 Å². The quantitative estimate of drug-likeness (QED) is 0.781. The lowest BCUT2D eigenvalue weighted by Crippen LogP contribution is -2.01. The molecule has 0 saturated heterocycles. The Bertz CT molecular complexity index is 768. The SMILES string of the molecule is N#CCc1ccc(NCc2cccc(-n3cccn3)c2)cc1. The van der Waals surface area contributed by atoms with Crippen molar-refractivity contribution in [1.82, 2.24) is 9.78 Å². The van der Waals surface area contributed by atoms with E-state index in [-0.39, 0.29) is 0 Å². The molecule has 1 N–H and O–H groups in total. The zero-order valence-electron chi connectivity index (χ0n) is 12.1. The second kappa shape index (κ2) is 6.59. The number of nitrogens with zero attached hydrogens (tertiary/aromatic N) is 3. The third kappa shape index (κ3) is 3.33. The first-order valence-electron chi connectivity index (χ1n) is 7.14. The van der Waals surface area contributed by atoms with Crippen LogP contribution in [-0.4, -0.2) is 9.78 Å². The molecule has 0 amide bonds. The van der Waals surface area contributed by atoms with Crippen molar-refractivity contribution in [2.45, 2.75) is 13.0 Å². The highest BCUT2D eigenvalue weighted by atomic mass is 15.3. The van der Waals surface area contributed by atoms with Gasteiger partial charge in [0, 0.05) is 24.6 Å². The van der Waals surface area contributed by atoms with Gasteiger partial charge >= 0.3 is 0 Å². The molecule has 4 nitrogen and oxygen atoms in total. The molecule has 22 heavy (non-hydrogen) atoms. The van der Waals surface area contributed by atoms with Gasteiger partial charge in [-0.2, -0.15) is 10.4 Å². The summed E-state index contributed by atoms with van der Waals surface area (Å²) in [6.07, 6.45) is 4.15. The van der Waals surface area contributed by atoms with E-state index in [0.29, 0.717) is 6.42 Å². The van der Waals surface area contributed by atoms with E-state index in [4.69, 9.17) is 5.26 Å². The first-order chi connectivity index (χ1) is 10.8. The maximum Gasteiger partial charge on any atom is 0.0669 e. The number of benzene rings is 2. The van der Waals surface area contributed by atoms with E-state index in [1.807, 2.05) is 53.3 Å². The van der Waals surface area contributed by atoms with Gasteiger partial charge in [-0.3, -0.25) is 0 Å². The molecule has 1 aromatic heterocycles. The number of aromatic nitrogens is 2. The largest absolute Gasteiger partial charge is 0.381 e. The topological polar surface area (TPSA) is 53.6 Å². The average molecular weight is 288 g/mol. The highest BCUT2D eigenvalue weighted by molar-refractivity contribution is 5.46. The van der Waals surface area contributed by atoms with E-state index in [0.717, 1.165) is 23.5 Å². The zero-order chi connectivity index (χ0) is 15.2. The molecule has 0 aliphatic heterocycles. The molecule has 3 rings (SSSR count). The minimum atomic E-state index is 0.451. The van der Waals surface area contributed by atoms with Crippen molar-refractivity contribution >= 4 is 5.69 Å². The summed E-state index contributed by atoms with van der Waals surface area (Å²) in [7, 11) is 0. The van der Waals surface area contributed by atoms with Crippen molar-refractivity contribution in [3.63, 3.8) is 0 Å². The fourth-order valence-corrected chi connectivity index (χ4v) is 2.27. The lowest BCUT2D eigenvalue weighted by molar-refractivity contribution is 0.877. The Morgan fingerprint density at radius 3 is 2.64 bits per heavy atom. The highest BCUT2D eigenvalue weighted by Gasteiger charge is 1.99. The predicted molar refractivity (Wildman–Crippen MR) is 86.6 cm³/mol. The van der Waals surface area contributed by atoms with Gasteiger partial charge in [-0.15, -0.1) is 0 Å². The van der Waals surface area contributed by atoms with E-state index in [1.165, 1.54) is 5.56 Å². The number of nitriles is 1. The molecule has 4 heteroatoms. The number of rotatable bonds is 5. The third-order valence-corrected chi connectivity index (χ3v) is 3.41. The highest BCUT2D eigenvalue weighted by Crippen LogP contribution is 2.14.